The zero-order valence-corrected chi connectivity index (χ0v) is 22.8. The van der Waals surface area contributed by atoms with Crippen LogP contribution in [0.4, 0.5) is 22.7 Å². The van der Waals surface area contributed by atoms with E-state index in [4.69, 9.17) is 9.84 Å². The molecule has 0 bridgehead atoms. The van der Waals surface area contributed by atoms with Gasteiger partial charge in [0, 0.05) is 29.1 Å². The van der Waals surface area contributed by atoms with E-state index in [1.165, 1.54) is 22.1 Å². The van der Waals surface area contributed by atoms with Crippen molar-refractivity contribution in [3.05, 3.63) is 92.6 Å². The van der Waals surface area contributed by atoms with Gasteiger partial charge in [0.05, 0.1) is 22.0 Å². The molecule has 0 unspecified atom stereocenters. The number of aromatic nitrogens is 1. The van der Waals surface area contributed by atoms with E-state index in [9.17, 15) is 19.7 Å². The van der Waals surface area contributed by atoms with Crippen LogP contribution in [0, 0.1) is 10.1 Å². The lowest BCUT2D eigenvalue weighted by atomic mass is 10.1. The molecule has 4 aromatic rings. The SMILES string of the molecule is CCCCN1C(=O)C(=Nn2c(-c3ccc4c(c3)NC(=O)CO4)csc2=Nc2ccccc2[N+](=O)[O-])c2ccccc21. The summed E-state index contributed by atoms with van der Waals surface area (Å²) in [6.07, 6.45) is 1.77. The van der Waals surface area contributed by atoms with Crippen LogP contribution in [0.15, 0.2) is 82.2 Å². The highest BCUT2D eigenvalue weighted by Gasteiger charge is 2.34. The van der Waals surface area contributed by atoms with E-state index in [2.05, 4.69) is 17.2 Å². The van der Waals surface area contributed by atoms with Gasteiger partial charge >= 0.3 is 0 Å². The number of hydrogen-bond acceptors (Lipinski definition) is 8. The molecule has 0 spiro atoms. The Morgan fingerprint density at radius 1 is 1.10 bits per heavy atom. The van der Waals surface area contributed by atoms with Crippen molar-refractivity contribution in [1.82, 2.24) is 4.68 Å². The fourth-order valence-corrected chi connectivity index (χ4v) is 5.57. The Morgan fingerprint density at radius 2 is 1.90 bits per heavy atom. The third kappa shape index (κ3) is 4.89. The van der Waals surface area contributed by atoms with Crippen LogP contribution in [0.1, 0.15) is 25.3 Å². The topological polar surface area (TPSA) is 131 Å². The van der Waals surface area contributed by atoms with Crippen molar-refractivity contribution < 1.29 is 19.2 Å². The molecule has 0 saturated heterocycles. The van der Waals surface area contributed by atoms with Crippen LogP contribution < -0.4 is 19.8 Å². The normalized spacial score (nSPS) is 15.5. The number of hydrogen-bond donors (Lipinski definition) is 1. The minimum atomic E-state index is -0.488. The van der Waals surface area contributed by atoms with Crippen LogP contribution in [0.5, 0.6) is 5.75 Å². The molecule has 11 nitrogen and oxygen atoms in total. The second kappa shape index (κ2) is 10.8. The van der Waals surface area contributed by atoms with Crippen molar-refractivity contribution in [3.63, 3.8) is 0 Å². The number of para-hydroxylation sites is 3. The number of rotatable bonds is 7. The quantitative estimate of drug-likeness (QED) is 0.245. The fourth-order valence-electron chi connectivity index (χ4n) is 4.73. The van der Waals surface area contributed by atoms with Gasteiger partial charge in [0.15, 0.2) is 12.3 Å². The highest BCUT2D eigenvalue weighted by molar-refractivity contribution is 7.07. The zero-order valence-electron chi connectivity index (χ0n) is 21.9. The van der Waals surface area contributed by atoms with Crippen LogP contribution in [-0.2, 0) is 9.59 Å². The average molecular weight is 569 g/mol. The molecular formula is C29H24N6O5S. The van der Waals surface area contributed by atoms with Crippen molar-refractivity contribution in [3.8, 4) is 17.0 Å². The molecule has 2 aliphatic heterocycles. The number of carbonyl (C=O) groups is 2. The van der Waals surface area contributed by atoms with Crippen LogP contribution in [0.2, 0.25) is 0 Å². The van der Waals surface area contributed by atoms with Gasteiger partial charge in [-0.25, -0.2) is 9.67 Å². The van der Waals surface area contributed by atoms with Crippen LogP contribution in [0.25, 0.3) is 11.3 Å². The van der Waals surface area contributed by atoms with E-state index < -0.39 is 4.92 Å². The second-order valence-electron chi connectivity index (χ2n) is 9.40. The van der Waals surface area contributed by atoms with Crippen LogP contribution in [0.3, 0.4) is 0 Å². The summed E-state index contributed by atoms with van der Waals surface area (Å²) in [7, 11) is 0. The maximum absolute atomic E-state index is 13.7. The highest BCUT2D eigenvalue weighted by atomic mass is 32.1. The van der Waals surface area contributed by atoms with E-state index in [0.29, 0.717) is 39.6 Å². The number of fused-ring (bicyclic) bond motifs is 2. The molecule has 3 heterocycles. The molecule has 2 amide bonds. The lowest BCUT2D eigenvalue weighted by Gasteiger charge is -2.18. The molecule has 0 atom stereocenters. The van der Waals surface area contributed by atoms with Gasteiger partial charge in [-0.2, -0.15) is 5.10 Å². The van der Waals surface area contributed by atoms with Gasteiger partial charge in [0.1, 0.15) is 11.4 Å². The summed E-state index contributed by atoms with van der Waals surface area (Å²) >= 11 is 1.23. The first-order chi connectivity index (χ1) is 19.9. The summed E-state index contributed by atoms with van der Waals surface area (Å²) < 4.78 is 7.03. The first kappa shape index (κ1) is 26.1. The maximum atomic E-state index is 13.7. The zero-order chi connectivity index (χ0) is 28.5. The summed E-state index contributed by atoms with van der Waals surface area (Å²) in [6.45, 7) is 2.56. The summed E-state index contributed by atoms with van der Waals surface area (Å²) in [5.74, 6) is 0.0465. The van der Waals surface area contributed by atoms with E-state index in [1.54, 1.807) is 35.2 Å². The first-order valence-corrected chi connectivity index (χ1v) is 13.9. The number of thiazole rings is 1. The maximum Gasteiger partial charge on any atom is 0.294 e. The number of ether oxygens (including phenoxy) is 1. The summed E-state index contributed by atoms with van der Waals surface area (Å²) in [5, 5.41) is 21.1. The summed E-state index contributed by atoms with van der Waals surface area (Å²) in [5.41, 5.74) is 3.51. The molecule has 6 rings (SSSR count). The number of nitro benzene ring substituents is 1. The van der Waals surface area contributed by atoms with Gasteiger partial charge in [-0.3, -0.25) is 19.7 Å². The lowest BCUT2D eigenvalue weighted by Crippen LogP contribution is -2.31. The van der Waals surface area contributed by atoms with Crippen molar-refractivity contribution in [2.75, 3.05) is 23.4 Å². The molecule has 206 valence electrons. The monoisotopic (exact) mass is 568 g/mol. The molecule has 1 aromatic heterocycles. The Balaban J connectivity index is 1.56. The molecule has 12 heteroatoms. The van der Waals surface area contributed by atoms with Gasteiger partial charge in [-0.05, 0) is 36.8 Å². The van der Waals surface area contributed by atoms with Gasteiger partial charge < -0.3 is 15.0 Å². The number of amides is 2. The van der Waals surface area contributed by atoms with E-state index in [1.807, 2.05) is 35.7 Å². The van der Waals surface area contributed by atoms with Gasteiger partial charge in [0.2, 0.25) is 4.80 Å². The molecular weight excluding hydrogens is 544 g/mol. The van der Waals surface area contributed by atoms with Crippen LogP contribution >= 0.6 is 11.3 Å². The molecule has 3 aromatic carbocycles. The Hall–Kier alpha value is -5.10. The van der Waals surface area contributed by atoms with E-state index in [-0.39, 0.29) is 35.5 Å². The van der Waals surface area contributed by atoms with Gasteiger partial charge in [-0.1, -0.05) is 43.7 Å². The molecule has 0 saturated carbocycles. The van der Waals surface area contributed by atoms with E-state index >= 15 is 0 Å². The third-order valence-corrected chi connectivity index (χ3v) is 7.54. The number of anilines is 2. The van der Waals surface area contributed by atoms with Crippen molar-refractivity contribution in [2.45, 2.75) is 19.8 Å². The first-order valence-electron chi connectivity index (χ1n) is 13.0. The standard InChI is InChI=1S/C29H24N6O5S/c1-2-3-14-33-22-10-6-4-8-19(22)27(28(33)37)32-34-24(18-12-13-25-21(15-18)30-26(36)16-40-25)17-41-29(34)31-20-9-5-7-11-23(20)35(38)39/h4-13,15,17H,2-3,14,16H2,1H3,(H,30,36). The number of nitrogens with zero attached hydrogens (tertiary/aromatic N) is 5. The number of unbranched alkanes of at least 4 members (excludes halogenated alkanes) is 1. The molecule has 0 aliphatic carbocycles. The largest absolute Gasteiger partial charge is 0.482 e. The Kier molecular flexibility index (Phi) is 6.89. The highest BCUT2D eigenvalue weighted by Crippen LogP contribution is 2.34. The van der Waals surface area contributed by atoms with Gasteiger partial charge in [-0.15, -0.1) is 11.3 Å². The predicted molar refractivity (Wildman–Crippen MR) is 156 cm³/mol. The number of nitrogens with one attached hydrogen (secondary N) is 1. The molecule has 41 heavy (non-hydrogen) atoms. The van der Waals surface area contributed by atoms with Gasteiger partial charge in [0.25, 0.3) is 17.5 Å². The lowest BCUT2D eigenvalue weighted by molar-refractivity contribution is -0.384. The number of carbonyl (C=O) groups excluding carboxylic acids is 2. The minimum Gasteiger partial charge on any atom is -0.482 e. The van der Waals surface area contributed by atoms with Crippen LogP contribution in [-0.4, -0.2) is 40.3 Å². The minimum absolute atomic E-state index is 0.0621. The number of benzene rings is 3. The number of nitro groups is 1. The smallest absolute Gasteiger partial charge is 0.294 e. The summed E-state index contributed by atoms with van der Waals surface area (Å²) in [6, 6.07) is 19.0. The van der Waals surface area contributed by atoms with Crippen molar-refractivity contribution in [2.24, 2.45) is 10.1 Å². The second-order valence-corrected chi connectivity index (χ2v) is 10.2. The Morgan fingerprint density at radius 3 is 2.73 bits per heavy atom. The molecule has 0 radical (unpaired) electrons. The van der Waals surface area contributed by atoms with Crippen molar-refractivity contribution in [1.29, 1.82) is 0 Å². The Bertz CT molecular complexity index is 1810. The van der Waals surface area contributed by atoms with E-state index in [0.717, 1.165) is 18.5 Å². The Labute approximate surface area is 238 Å². The molecule has 1 N–H and O–H groups in total. The molecule has 2 aliphatic rings. The summed E-state index contributed by atoms with van der Waals surface area (Å²) in [4.78, 5) is 43.5. The predicted octanol–water partition coefficient (Wildman–Crippen LogP) is 5.09. The van der Waals surface area contributed by atoms with Crippen molar-refractivity contribution >= 4 is 51.6 Å². The molecule has 0 fully saturated rings. The average Bonchev–Trinajstić information content (AvgIpc) is 3.49. The fraction of sp³-hybridized carbons (Fsp3) is 0.172. The third-order valence-electron chi connectivity index (χ3n) is 6.72.